The van der Waals surface area contributed by atoms with E-state index in [4.69, 9.17) is 16.1 Å². The predicted molar refractivity (Wildman–Crippen MR) is 80.1 cm³/mol. The number of pyridine rings is 1. The monoisotopic (exact) mass is 332 g/mol. The molecule has 0 aliphatic heterocycles. The van der Waals surface area contributed by atoms with E-state index in [0.29, 0.717) is 5.56 Å². The van der Waals surface area contributed by atoms with Crippen LogP contribution in [0.1, 0.15) is 16.2 Å². The number of benzene rings is 1. The lowest BCUT2D eigenvalue weighted by Crippen LogP contribution is -2.23. The van der Waals surface area contributed by atoms with Crippen LogP contribution >= 0.6 is 11.6 Å². The standard InChI is InChI=1S/C15H10ClFN4O2/c16-12-11(2-1-7-18-12)13-20-15(23-21-13)14(22)19-8-9-3-5-10(17)6-4-9/h1-7H,8H2,(H,19,22). The highest BCUT2D eigenvalue weighted by molar-refractivity contribution is 6.31. The molecule has 1 aromatic carbocycles. The molecule has 0 bridgehead atoms. The normalized spacial score (nSPS) is 10.5. The van der Waals surface area contributed by atoms with Crippen LogP contribution in [-0.4, -0.2) is 21.0 Å². The summed E-state index contributed by atoms with van der Waals surface area (Å²) in [6, 6.07) is 9.12. The molecule has 3 rings (SSSR count). The molecule has 0 saturated carbocycles. The van der Waals surface area contributed by atoms with Crippen molar-refractivity contribution in [1.29, 1.82) is 0 Å². The third kappa shape index (κ3) is 3.51. The van der Waals surface area contributed by atoms with Gasteiger partial charge in [-0.2, -0.15) is 4.98 Å². The largest absolute Gasteiger partial charge is 0.344 e. The minimum Gasteiger partial charge on any atom is -0.344 e. The number of carbonyl (C=O) groups is 1. The summed E-state index contributed by atoms with van der Waals surface area (Å²) in [6.07, 6.45) is 1.53. The second-order valence-electron chi connectivity index (χ2n) is 4.57. The molecule has 1 amide bonds. The molecule has 3 aromatic rings. The minimum absolute atomic E-state index is 0.176. The van der Waals surface area contributed by atoms with E-state index >= 15 is 0 Å². The van der Waals surface area contributed by atoms with Crippen molar-refractivity contribution in [3.05, 3.63) is 65.0 Å². The summed E-state index contributed by atoms with van der Waals surface area (Å²) in [5.41, 5.74) is 1.21. The van der Waals surface area contributed by atoms with Crippen molar-refractivity contribution in [3.63, 3.8) is 0 Å². The Morgan fingerprint density at radius 2 is 2.04 bits per heavy atom. The van der Waals surface area contributed by atoms with Crippen LogP contribution in [0.2, 0.25) is 5.15 Å². The van der Waals surface area contributed by atoms with Crippen LogP contribution in [0.5, 0.6) is 0 Å². The van der Waals surface area contributed by atoms with Gasteiger partial charge in [-0.15, -0.1) is 0 Å². The molecular formula is C15H10ClFN4O2. The maximum Gasteiger partial charge on any atom is 0.316 e. The van der Waals surface area contributed by atoms with Crippen LogP contribution in [0, 0.1) is 5.82 Å². The van der Waals surface area contributed by atoms with E-state index in [1.165, 1.54) is 18.3 Å². The third-order valence-corrected chi connectivity index (χ3v) is 3.29. The van der Waals surface area contributed by atoms with Gasteiger partial charge in [-0.25, -0.2) is 9.37 Å². The maximum atomic E-state index is 12.8. The second-order valence-corrected chi connectivity index (χ2v) is 4.93. The zero-order valence-electron chi connectivity index (χ0n) is 11.7. The van der Waals surface area contributed by atoms with Gasteiger partial charge < -0.3 is 9.84 Å². The van der Waals surface area contributed by atoms with E-state index in [2.05, 4.69) is 20.4 Å². The number of rotatable bonds is 4. The zero-order valence-corrected chi connectivity index (χ0v) is 12.4. The molecule has 1 N–H and O–H groups in total. The number of nitrogens with zero attached hydrogens (tertiary/aromatic N) is 3. The average molecular weight is 333 g/mol. The summed E-state index contributed by atoms with van der Waals surface area (Å²) >= 11 is 5.94. The zero-order chi connectivity index (χ0) is 16.2. The number of hydrogen-bond donors (Lipinski definition) is 1. The van der Waals surface area contributed by atoms with Crippen molar-refractivity contribution in [2.45, 2.75) is 6.54 Å². The van der Waals surface area contributed by atoms with Gasteiger partial charge >= 0.3 is 11.8 Å². The van der Waals surface area contributed by atoms with Gasteiger partial charge in [0, 0.05) is 12.7 Å². The molecule has 0 saturated heterocycles. The highest BCUT2D eigenvalue weighted by atomic mass is 35.5. The Morgan fingerprint density at radius 3 is 2.78 bits per heavy atom. The second kappa shape index (κ2) is 6.53. The molecule has 8 heteroatoms. The summed E-state index contributed by atoms with van der Waals surface area (Å²) in [4.78, 5) is 19.9. The molecule has 0 spiro atoms. The van der Waals surface area contributed by atoms with Gasteiger partial charge in [0.15, 0.2) is 0 Å². The van der Waals surface area contributed by atoms with Gasteiger partial charge in [0.25, 0.3) is 0 Å². The van der Waals surface area contributed by atoms with Crippen LogP contribution in [0.15, 0.2) is 47.1 Å². The van der Waals surface area contributed by atoms with Crippen LogP contribution in [0.3, 0.4) is 0 Å². The minimum atomic E-state index is -0.534. The van der Waals surface area contributed by atoms with Crippen LogP contribution in [0.25, 0.3) is 11.4 Å². The summed E-state index contributed by atoms with van der Waals surface area (Å²) in [7, 11) is 0. The molecule has 2 aromatic heterocycles. The first-order valence-electron chi connectivity index (χ1n) is 6.61. The van der Waals surface area contributed by atoms with Crippen molar-refractivity contribution in [3.8, 4) is 11.4 Å². The first-order valence-corrected chi connectivity index (χ1v) is 6.98. The van der Waals surface area contributed by atoms with E-state index < -0.39 is 5.91 Å². The molecule has 116 valence electrons. The van der Waals surface area contributed by atoms with Gasteiger partial charge in [0.05, 0.1) is 5.56 Å². The van der Waals surface area contributed by atoms with Gasteiger partial charge in [-0.1, -0.05) is 28.9 Å². The Labute approximate surface area is 135 Å². The number of hydrogen-bond acceptors (Lipinski definition) is 5. The Kier molecular flexibility index (Phi) is 4.29. The predicted octanol–water partition coefficient (Wildman–Crippen LogP) is 2.85. The summed E-state index contributed by atoms with van der Waals surface area (Å²) < 4.78 is 17.7. The van der Waals surface area contributed by atoms with Crippen LogP contribution in [0.4, 0.5) is 4.39 Å². The number of carbonyl (C=O) groups excluding carboxylic acids is 1. The van der Waals surface area contributed by atoms with Gasteiger partial charge in [0.2, 0.25) is 5.82 Å². The van der Waals surface area contributed by atoms with Crippen molar-refractivity contribution in [2.75, 3.05) is 0 Å². The van der Waals surface area contributed by atoms with Gasteiger partial charge in [-0.3, -0.25) is 4.79 Å². The topological polar surface area (TPSA) is 80.9 Å². The van der Waals surface area contributed by atoms with E-state index in [9.17, 15) is 9.18 Å². The highest BCUT2D eigenvalue weighted by Crippen LogP contribution is 2.22. The highest BCUT2D eigenvalue weighted by Gasteiger charge is 2.17. The van der Waals surface area contributed by atoms with Crippen molar-refractivity contribution >= 4 is 17.5 Å². The molecular weight excluding hydrogens is 323 g/mol. The SMILES string of the molecule is O=C(NCc1ccc(F)cc1)c1nc(-c2cccnc2Cl)no1. The molecule has 0 radical (unpaired) electrons. The van der Waals surface area contributed by atoms with Crippen molar-refractivity contribution in [2.24, 2.45) is 0 Å². The third-order valence-electron chi connectivity index (χ3n) is 2.99. The van der Waals surface area contributed by atoms with Crippen LogP contribution < -0.4 is 5.32 Å². The van der Waals surface area contributed by atoms with Gasteiger partial charge in [-0.05, 0) is 29.8 Å². The van der Waals surface area contributed by atoms with Gasteiger partial charge in [0.1, 0.15) is 11.0 Å². The lowest BCUT2D eigenvalue weighted by molar-refractivity contribution is 0.0907. The van der Waals surface area contributed by atoms with Crippen molar-refractivity contribution < 1.29 is 13.7 Å². The first-order chi connectivity index (χ1) is 11.1. The molecule has 2 heterocycles. The summed E-state index contributed by atoms with van der Waals surface area (Å²) in [5, 5.41) is 6.54. The Morgan fingerprint density at radius 1 is 1.26 bits per heavy atom. The fourth-order valence-corrected chi connectivity index (χ4v) is 2.04. The molecule has 0 aliphatic carbocycles. The molecule has 23 heavy (non-hydrogen) atoms. The van der Waals surface area contributed by atoms with Crippen LogP contribution in [-0.2, 0) is 6.54 Å². The fourth-order valence-electron chi connectivity index (χ4n) is 1.84. The number of halogens is 2. The number of aromatic nitrogens is 3. The molecule has 0 atom stereocenters. The van der Waals surface area contributed by atoms with E-state index in [-0.39, 0.29) is 29.2 Å². The average Bonchev–Trinajstić information content (AvgIpc) is 3.04. The quantitative estimate of drug-likeness (QED) is 0.743. The molecule has 0 unspecified atom stereocenters. The number of amides is 1. The van der Waals surface area contributed by atoms with E-state index in [1.54, 1.807) is 24.3 Å². The fraction of sp³-hybridized carbons (Fsp3) is 0.0667. The molecule has 0 aliphatic rings. The van der Waals surface area contributed by atoms with E-state index in [1.807, 2.05) is 0 Å². The maximum absolute atomic E-state index is 12.8. The smallest absolute Gasteiger partial charge is 0.316 e. The molecule has 0 fully saturated rings. The first kappa shape index (κ1) is 15.1. The van der Waals surface area contributed by atoms with E-state index in [0.717, 1.165) is 5.56 Å². The summed E-state index contributed by atoms with van der Waals surface area (Å²) in [6.45, 7) is 0.213. The lowest BCUT2D eigenvalue weighted by Gasteiger charge is -2.02. The van der Waals surface area contributed by atoms with Crippen molar-refractivity contribution in [1.82, 2.24) is 20.4 Å². The Hall–Kier alpha value is -2.80. The number of nitrogens with one attached hydrogen (secondary N) is 1. The lowest BCUT2D eigenvalue weighted by atomic mass is 10.2. The Bertz CT molecular complexity index is 836. The molecule has 6 nitrogen and oxygen atoms in total. The Balaban J connectivity index is 1.69. The summed E-state index contributed by atoms with van der Waals surface area (Å²) in [5.74, 6) is -0.889.